The molecule has 8 nitrogen and oxygen atoms in total. The molecule has 1 aromatic heterocycles. The van der Waals surface area contributed by atoms with E-state index in [1.807, 2.05) is 11.0 Å². The maximum absolute atomic E-state index is 13.9. The number of nitrogens with one attached hydrogen (secondary N) is 2. The average molecular weight is 477 g/mol. The fraction of sp³-hybridized carbons (Fsp3) is 0.435. The molecule has 2 N–H and O–H groups in total. The van der Waals surface area contributed by atoms with Gasteiger partial charge in [-0.1, -0.05) is 18.2 Å². The Balaban J connectivity index is 1.60. The van der Waals surface area contributed by atoms with Gasteiger partial charge in [-0.15, -0.1) is 11.3 Å². The lowest BCUT2D eigenvalue weighted by molar-refractivity contribution is -0.117. The van der Waals surface area contributed by atoms with Crippen molar-refractivity contribution in [2.24, 2.45) is 0 Å². The summed E-state index contributed by atoms with van der Waals surface area (Å²) in [6.45, 7) is 7.01. The molecule has 0 aliphatic carbocycles. The van der Waals surface area contributed by atoms with E-state index in [9.17, 15) is 18.8 Å². The first-order valence-corrected chi connectivity index (χ1v) is 11.7. The lowest BCUT2D eigenvalue weighted by atomic mass is 10.1. The highest BCUT2D eigenvalue weighted by molar-refractivity contribution is 7.18. The summed E-state index contributed by atoms with van der Waals surface area (Å²) in [5.41, 5.74) is 1.36. The summed E-state index contributed by atoms with van der Waals surface area (Å²) >= 11 is 1.06. The second kappa shape index (κ2) is 11.4. The summed E-state index contributed by atoms with van der Waals surface area (Å²) in [6, 6.07) is 6.75. The molecule has 178 valence electrons. The number of piperazine rings is 1. The van der Waals surface area contributed by atoms with Gasteiger partial charge in [0.1, 0.15) is 10.8 Å². The van der Waals surface area contributed by atoms with Crippen LogP contribution < -0.4 is 10.6 Å². The van der Waals surface area contributed by atoms with E-state index in [1.165, 1.54) is 13.1 Å². The van der Waals surface area contributed by atoms with Gasteiger partial charge in [-0.05, 0) is 25.5 Å². The molecule has 3 rings (SSSR count). The zero-order valence-electron chi connectivity index (χ0n) is 19.1. The minimum atomic E-state index is -0.571. The van der Waals surface area contributed by atoms with E-state index in [4.69, 9.17) is 4.74 Å². The molecule has 0 saturated carbocycles. The second-order valence-electron chi connectivity index (χ2n) is 7.75. The van der Waals surface area contributed by atoms with Gasteiger partial charge in [0.25, 0.3) is 5.91 Å². The smallest absolute Gasteiger partial charge is 0.341 e. The summed E-state index contributed by atoms with van der Waals surface area (Å²) in [6.07, 6.45) is 0. The highest BCUT2D eigenvalue weighted by atomic mass is 32.1. The molecule has 2 amide bonds. The van der Waals surface area contributed by atoms with Crippen molar-refractivity contribution in [2.75, 3.05) is 51.7 Å². The molecule has 1 saturated heterocycles. The molecule has 0 radical (unpaired) electrons. The molecular formula is C23H29FN4O4S. The van der Waals surface area contributed by atoms with E-state index in [0.29, 0.717) is 53.7 Å². The average Bonchev–Trinajstić information content (AvgIpc) is 3.11. The van der Waals surface area contributed by atoms with Gasteiger partial charge < -0.3 is 15.4 Å². The van der Waals surface area contributed by atoms with Crippen LogP contribution in [-0.4, -0.2) is 74.0 Å². The number of carbonyl (C=O) groups is 3. The third kappa shape index (κ3) is 6.16. The molecule has 1 aromatic carbocycles. The van der Waals surface area contributed by atoms with E-state index < -0.39 is 5.97 Å². The predicted molar refractivity (Wildman–Crippen MR) is 125 cm³/mol. The number of carbonyl (C=O) groups excluding carboxylic acids is 3. The van der Waals surface area contributed by atoms with Crippen LogP contribution in [0.2, 0.25) is 0 Å². The minimum absolute atomic E-state index is 0.155. The molecule has 0 bridgehead atoms. The summed E-state index contributed by atoms with van der Waals surface area (Å²) in [7, 11) is 1.51. The highest BCUT2D eigenvalue weighted by Gasteiger charge is 2.27. The maximum atomic E-state index is 13.9. The van der Waals surface area contributed by atoms with Gasteiger partial charge in [-0.25, -0.2) is 9.18 Å². The SMILES string of the molecule is CCOC(=O)c1c(NC(=O)CN2CCN(Cc3ccccc3F)CC2)sc(C(=O)NC)c1C. The highest BCUT2D eigenvalue weighted by Crippen LogP contribution is 2.33. The molecule has 1 aliphatic rings. The topological polar surface area (TPSA) is 91.0 Å². The predicted octanol–water partition coefficient (Wildman–Crippen LogP) is 2.49. The Morgan fingerprint density at radius 2 is 1.79 bits per heavy atom. The zero-order chi connectivity index (χ0) is 24.0. The summed E-state index contributed by atoms with van der Waals surface area (Å²) in [4.78, 5) is 41.9. The van der Waals surface area contributed by atoms with Crippen LogP contribution in [0, 0.1) is 12.7 Å². The molecule has 10 heteroatoms. The molecule has 2 aromatic rings. The molecule has 0 spiro atoms. The number of hydrogen-bond acceptors (Lipinski definition) is 7. The van der Waals surface area contributed by atoms with Crippen molar-refractivity contribution in [3.8, 4) is 0 Å². The van der Waals surface area contributed by atoms with Crippen LogP contribution >= 0.6 is 11.3 Å². The third-order valence-corrected chi connectivity index (χ3v) is 6.70. The molecule has 33 heavy (non-hydrogen) atoms. The molecule has 2 heterocycles. The second-order valence-corrected chi connectivity index (χ2v) is 8.77. The van der Waals surface area contributed by atoms with E-state index in [0.717, 1.165) is 11.3 Å². The lowest BCUT2D eigenvalue weighted by Gasteiger charge is -2.34. The first kappa shape index (κ1) is 24.8. The van der Waals surface area contributed by atoms with E-state index in [1.54, 1.807) is 26.0 Å². The summed E-state index contributed by atoms with van der Waals surface area (Å²) < 4.78 is 19.0. The fourth-order valence-electron chi connectivity index (χ4n) is 3.72. The van der Waals surface area contributed by atoms with Gasteiger partial charge >= 0.3 is 5.97 Å². The Kier molecular flexibility index (Phi) is 8.54. The van der Waals surface area contributed by atoms with Crippen LogP contribution in [0.5, 0.6) is 0 Å². The van der Waals surface area contributed by atoms with Crippen molar-refractivity contribution in [3.63, 3.8) is 0 Å². The monoisotopic (exact) mass is 476 g/mol. The molecule has 0 atom stereocenters. The van der Waals surface area contributed by atoms with E-state index in [-0.39, 0.29) is 36.3 Å². The first-order valence-electron chi connectivity index (χ1n) is 10.8. The van der Waals surface area contributed by atoms with Crippen LogP contribution in [0.4, 0.5) is 9.39 Å². The van der Waals surface area contributed by atoms with Gasteiger partial charge in [-0.3, -0.25) is 19.4 Å². The Hall–Kier alpha value is -2.82. The Labute approximate surface area is 196 Å². The van der Waals surface area contributed by atoms with Crippen molar-refractivity contribution in [1.82, 2.24) is 15.1 Å². The van der Waals surface area contributed by atoms with E-state index >= 15 is 0 Å². The number of rotatable bonds is 8. The van der Waals surface area contributed by atoms with E-state index in [2.05, 4.69) is 15.5 Å². The summed E-state index contributed by atoms with van der Waals surface area (Å²) in [5.74, 6) is -1.38. The Bertz CT molecular complexity index is 1020. The molecule has 1 fully saturated rings. The van der Waals surface area contributed by atoms with Gasteiger partial charge in [0.05, 0.1) is 23.6 Å². The van der Waals surface area contributed by atoms with Crippen LogP contribution in [-0.2, 0) is 16.1 Å². The normalized spacial score (nSPS) is 14.7. The standard InChI is InChI=1S/C23H29FN4O4S/c1-4-32-23(31)19-15(2)20(21(30)25-3)33-22(19)26-18(29)14-28-11-9-27(10-12-28)13-16-7-5-6-8-17(16)24/h5-8H,4,9-14H2,1-3H3,(H,25,30)(H,26,29). The fourth-order valence-corrected chi connectivity index (χ4v) is 4.88. The van der Waals surface area contributed by atoms with Crippen molar-refractivity contribution >= 4 is 34.1 Å². The number of thiophene rings is 1. The number of benzene rings is 1. The number of halogens is 1. The van der Waals surface area contributed by atoms with Gasteiger partial charge in [0.2, 0.25) is 5.91 Å². The maximum Gasteiger partial charge on any atom is 0.341 e. The van der Waals surface area contributed by atoms with Crippen molar-refractivity contribution in [1.29, 1.82) is 0 Å². The number of nitrogens with zero attached hydrogens (tertiary/aromatic N) is 2. The number of esters is 1. The largest absolute Gasteiger partial charge is 0.462 e. The van der Waals surface area contributed by atoms with Crippen LogP contribution in [0.3, 0.4) is 0 Å². The van der Waals surface area contributed by atoms with Crippen molar-refractivity contribution in [2.45, 2.75) is 20.4 Å². The quantitative estimate of drug-likeness (QED) is 0.569. The number of anilines is 1. The molecule has 0 unspecified atom stereocenters. The lowest BCUT2D eigenvalue weighted by Crippen LogP contribution is -2.48. The van der Waals surface area contributed by atoms with Crippen LogP contribution in [0.25, 0.3) is 0 Å². The molecule has 1 aliphatic heterocycles. The Morgan fingerprint density at radius 3 is 2.42 bits per heavy atom. The number of ether oxygens (including phenoxy) is 1. The van der Waals surface area contributed by atoms with Crippen molar-refractivity contribution < 1.29 is 23.5 Å². The number of amides is 2. The zero-order valence-corrected chi connectivity index (χ0v) is 19.9. The first-order chi connectivity index (χ1) is 15.8. The Morgan fingerprint density at radius 1 is 1.12 bits per heavy atom. The van der Waals surface area contributed by atoms with Crippen LogP contribution in [0.15, 0.2) is 24.3 Å². The van der Waals surface area contributed by atoms with Crippen molar-refractivity contribution in [3.05, 3.63) is 51.7 Å². The van der Waals surface area contributed by atoms with Gasteiger partial charge in [0.15, 0.2) is 0 Å². The van der Waals surface area contributed by atoms with Crippen LogP contribution in [0.1, 0.15) is 38.1 Å². The van der Waals surface area contributed by atoms with Gasteiger partial charge in [0, 0.05) is 45.3 Å². The number of hydrogen-bond donors (Lipinski definition) is 2. The minimum Gasteiger partial charge on any atom is -0.462 e. The molecular weight excluding hydrogens is 447 g/mol. The van der Waals surface area contributed by atoms with Gasteiger partial charge in [-0.2, -0.15) is 0 Å². The third-order valence-electron chi connectivity index (χ3n) is 5.50. The summed E-state index contributed by atoms with van der Waals surface area (Å²) in [5, 5.41) is 5.65.